The van der Waals surface area contributed by atoms with Crippen LogP contribution in [0, 0.1) is 0 Å². The Morgan fingerprint density at radius 3 is 1.55 bits per heavy atom. The standard InChI is InChI=1S/C17H42N4Si/c1-5-18-10-7-12-20-14-9-16-22(3,4)17-15-21-13-8-11-19-6-2/h18-21H,5-17H2,1-4H3. The van der Waals surface area contributed by atoms with E-state index in [9.17, 15) is 0 Å². The predicted octanol–water partition coefficient (Wildman–Crippen LogP) is 2.26. The smallest absolute Gasteiger partial charge is 0.0486 e. The summed E-state index contributed by atoms with van der Waals surface area (Å²) in [5.74, 6) is 0. The van der Waals surface area contributed by atoms with Gasteiger partial charge in [-0.25, -0.2) is 0 Å². The molecule has 0 rings (SSSR count). The van der Waals surface area contributed by atoms with Crippen LogP contribution in [-0.4, -0.2) is 60.4 Å². The summed E-state index contributed by atoms with van der Waals surface area (Å²) in [4.78, 5) is 0. The first kappa shape index (κ1) is 22.1. The van der Waals surface area contributed by atoms with Crippen LogP contribution < -0.4 is 21.3 Å². The molecule has 0 atom stereocenters. The Morgan fingerprint density at radius 2 is 1.00 bits per heavy atom. The van der Waals surface area contributed by atoms with Gasteiger partial charge in [-0.3, -0.25) is 0 Å². The van der Waals surface area contributed by atoms with Gasteiger partial charge in [0.2, 0.25) is 0 Å². The van der Waals surface area contributed by atoms with Crippen LogP contribution in [0.5, 0.6) is 0 Å². The van der Waals surface area contributed by atoms with Crippen LogP contribution in [0.15, 0.2) is 0 Å². The largest absolute Gasteiger partial charge is 0.317 e. The van der Waals surface area contributed by atoms with E-state index in [1.54, 1.807) is 0 Å². The third kappa shape index (κ3) is 16.4. The SMILES string of the molecule is CCNCCCNCCC[Si](C)(C)CCNCCCNCC. The number of nitrogens with one attached hydrogen (secondary N) is 4. The fraction of sp³-hybridized carbons (Fsp3) is 1.00. The molecule has 0 aliphatic rings. The zero-order valence-corrected chi connectivity index (χ0v) is 16.7. The maximum atomic E-state index is 3.60. The lowest BCUT2D eigenvalue weighted by Crippen LogP contribution is -2.32. The molecule has 0 heterocycles. The Hall–Kier alpha value is 0.0569. The van der Waals surface area contributed by atoms with Gasteiger partial charge in [0, 0.05) is 8.07 Å². The predicted molar refractivity (Wildman–Crippen MR) is 104 cm³/mol. The highest BCUT2D eigenvalue weighted by Crippen LogP contribution is 2.16. The van der Waals surface area contributed by atoms with E-state index >= 15 is 0 Å². The monoisotopic (exact) mass is 330 g/mol. The Kier molecular flexibility index (Phi) is 16.0. The summed E-state index contributed by atoms with van der Waals surface area (Å²) in [5, 5.41) is 13.9. The van der Waals surface area contributed by atoms with Crippen LogP contribution in [0.3, 0.4) is 0 Å². The van der Waals surface area contributed by atoms with E-state index < -0.39 is 8.07 Å². The molecule has 0 unspecified atom stereocenters. The van der Waals surface area contributed by atoms with Gasteiger partial charge in [0.25, 0.3) is 0 Å². The molecule has 0 fully saturated rings. The van der Waals surface area contributed by atoms with E-state index in [0.29, 0.717) is 0 Å². The number of hydrogen-bond donors (Lipinski definition) is 4. The molecule has 4 nitrogen and oxygen atoms in total. The summed E-state index contributed by atoms with van der Waals surface area (Å²) in [5.41, 5.74) is 0. The summed E-state index contributed by atoms with van der Waals surface area (Å²) < 4.78 is 0. The van der Waals surface area contributed by atoms with Gasteiger partial charge in [-0.2, -0.15) is 0 Å². The average Bonchev–Trinajstić information content (AvgIpc) is 2.49. The molecule has 0 saturated heterocycles. The Balaban J connectivity index is 3.34. The lowest BCUT2D eigenvalue weighted by Gasteiger charge is -2.22. The second kappa shape index (κ2) is 15.9. The quantitative estimate of drug-likeness (QED) is 0.244. The Labute approximate surface area is 140 Å². The van der Waals surface area contributed by atoms with E-state index in [0.717, 1.165) is 39.3 Å². The van der Waals surface area contributed by atoms with Gasteiger partial charge in [0.05, 0.1) is 0 Å². The molecule has 0 amide bonds. The maximum absolute atomic E-state index is 3.60. The average molecular weight is 331 g/mol. The summed E-state index contributed by atoms with van der Waals surface area (Å²) in [7, 11) is -0.990. The molecule has 0 saturated carbocycles. The van der Waals surface area contributed by atoms with E-state index in [1.807, 2.05) is 0 Å². The molecule has 22 heavy (non-hydrogen) atoms. The van der Waals surface area contributed by atoms with Crippen molar-refractivity contribution in [2.24, 2.45) is 0 Å². The molecule has 0 aromatic rings. The molecule has 0 aliphatic carbocycles. The summed E-state index contributed by atoms with van der Waals surface area (Å²) in [6.45, 7) is 18.6. The van der Waals surface area contributed by atoms with Crippen molar-refractivity contribution in [1.29, 1.82) is 0 Å². The molecule has 134 valence electrons. The highest BCUT2D eigenvalue weighted by Gasteiger charge is 2.18. The Bertz CT molecular complexity index is 225. The Morgan fingerprint density at radius 1 is 0.545 bits per heavy atom. The van der Waals surface area contributed by atoms with Gasteiger partial charge in [-0.1, -0.05) is 33.0 Å². The van der Waals surface area contributed by atoms with Crippen molar-refractivity contribution in [3.63, 3.8) is 0 Å². The highest BCUT2D eigenvalue weighted by molar-refractivity contribution is 6.77. The number of rotatable bonds is 17. The van der Waals surface area contributed by atoms with Gasteiger partial charge in [-0.05, 0) is 77.7 Å². The fourth-order valence-corrected chi connectivity index (χ4v) is 4.76. The van der Waals surface area contributed by atoms with Crippen molar-refractivity contribution < 1.29 is 0 Å². The van der Waals surface area contributed by atoms with Crippen molar-refractivity contribution in [3.8, 4) is 0 Å². The van der Waals surface area contributed by atoms with Gasteiger partial charge < -0.3 is 21.3 Å². The molecule has 0 bridgehead atoms. The fourth-order valence-electron chi connectivity index (χ4n) is 2.52. The van der Waals surface area contributed by atoms with Crippen molar-refractivity contribution in [2.45, 2.75) is 58.3 Å². The summed E-state index contributed by atoms with van der Waals surface area (Å²) in [6.07, 6.45) is 3.83. The lowest BCUT2D eigenvalue weighted by atomic mass is 10.4. The topological polar surface area (TPSA) is 48.1 Å². The lowest BCUT2D eigenvalue weighted by molar-refractivity contribution is 0.600. The first-order valence-corrected chi connectivity index (χ1v) is 12.9. The van der Waals surface area contributed by atoms with Crippen LogP contribution in [0.2, 0.25) is 25.2 Å². The van der Waals surface area contributed by atoms with Crippen molar-refractivity contribution in [2.75, 3.05) is 52.4 Å². The van der Waals surface area contributed by atoms with E-state index in [-0.39, 0.29) is 0 Å². The molecule has 0 radical (unpaired) electrons. The minimum Gasteiger partial charge on any atom is -0.317 e. The normalized spacial score (nSPS) is 12.0. The molecular formula is C17H42N4Si. The third-order valence-corrected chi connectivity index (χ3v) is 7.41. The van der Waals surface area contributed by atoms with Crippen LogP contribution in [-0.2, 0) is 0 Å². The second-order valence-corrected chi connectivity index (χ2v) is 12.3. The minimum absolute atomic E-state index is 0.990. The van der Waals surface area contributed by atoms with Crippen LogP contribution >= 0.6 is 0 Å². The molecule has 5 heteroatoms. The van der Waals surface area contributed by atoms with E-state index in [4.69, 9.17) is 0 Å². The molecule has 0 aromatic carbocycles. The molecule has 0 aliphatic heterocycles. The van der Waals surface area contributed by atoms with Crippen molar-refractivity contribution in [3.05, 3.63) is 0 Å². The second-order valence-electron chi connectivity index (χ2n) is 6.93. The molecule has 0 spiro atoms. The highest BCUT2D eigenvalue weighted by atomic mass is 28.3. The zero-order valence-electron chi connectivity index (χ0n) is 15.7. The van der Waals surface area contributed by atoms with Gasteiger partial charge in [0.1, 0.15) is 0 Å². The van der Waals surface area contributed by atoms with E-state index in [2.05, 4.69) is 48.2 Å². The number of hydrogen-bond acceptors (Lipinski definition) is 4. The van der Waals surface area contributed by atoms with Crippen molar-refractivity contribution in [1.82, 2.24) is 21.3 Å². The minimum atomic E-state index is -0.990. The van der Waals surface area contributed by atoms with E-state index in [1.165, 1.54) is 44.4 Å². The van der Waals surface area contributed by atoms with Gasteiger partial charge in [0.15, 0.2) is 0 Å². The molecule has 0 aromatic heterocycles. The third-order valence-electron chi connectivity index (χ3n) is 4.10. The summed E-state index contributed by atoms with van der Waals surface area (Å²) >= 11 is 0. The molecular weight excluding hydrogens is 288 g/mol. The zero-order chi connectivity index (χ0) is 16.5. The van der Waals surface area contributed by atoms with Crippen molar-refractivity contribution >= 4 is 8.07 Å². The summed E-state index contributed by atoms with van der Waals surface area (Å²) in [6, 6.07) is 2.86. The molecule has 4 N–H and O–H groups in total. The first-order valence-electron chi connectivity index (χ1n) is 9.45. The van der Waals surface area contributed by atoms with Crippen LogP contribution in [0.25, 0.3) is 0 Å². The van der Waals surface area contributed by atoms with Gasteiger partial charge >= 0.3 is 0 Å². The van der Waals surface area contributed by atoms with Gasteiger partial charge in [-0.15, -0.1) is 0 Å². The maximum Gasteiger partial charge on any atom is 0.0486 e. The van der Waals surface area contributed by atoms with Crippen LogP contribution in [0.4, 0.5) is 0 Å². The first-order chi connectivity index (χ1) is 10.6. The van der Waals surface area contributed by atoms with Crippen LogP contribution in [0.1, 0.15) is 33.1 Å².